The normalized spacial score (nSPS) is 34.6. The number of hydrogen-bond donors (Lipinski definition) is 0. The van der Waals surface area contributed by atoms with Crippen LogP contribution in [0.5, 0.6) is 0 Å². The van der Waals surface area contributed by atoms with Gasteiger partial charge < -0.3 is 9.47 Å². The van der Waals surface area contributed by atoms with Crippen LogP contribution in [-0.2, 0) is 14.3 Å². The highest BCUT2D eigenvalue weighted by atomic mass is 16.7. The van der Waals surface area contributed by atoms with Crippen LogP contribution in [0.25, 0.3) is 0 Å². The van der Waals surface area contributed by atoms with Crippen molar-refractivity contribution in [2.24, 2.45) is 5.41 Å². The lowest BCUT2D eigenvalue weighted by Crippen LogP contribution is -2.54. The number of Topliss-reactive ketones (excluding diaryl/α,β-unsaturated/α-hetero) is 1. The van der Waals surface area contributed by atoms with E-state index in [1.807, 2.05) is 6.92 Å². The molecule has 84 valence electrons. The number of carbonyl (C=O) groups excluding carboxylic acids is 1. The van der Waals surface area contributed by atoms with Crippen molar-refractivity contribution >= 4 is 5.78 Å². The van der Waals surface area contributed by atoms with Crippen molar-refractivity contribution < 1.29 is 14.3 Å². The molecule has 3 heteroatoms. The van der Waals surface area contributed by atoms with Crippen LogP contribution in [0.1, 0.15) is 32.6 Å². The van der Waals surface area contributed by atoms with Crippen LogP contribution in [0.3, 0.4) is 0 Å². The van der Waals surface area contributed by atoms with Crippen molar-refractivity contribution in [1.29, 1.82) is 0 Å². The third-order valence-corrected chi connectivity index (χ3v) is 3.67. The largest absolute Gasteiger partial charge is 0.346 e. The van der Waals surface area contributed by atoms with E-state index >= 15 is 0 Å². The molecule has 0 aromatic carbocycles. The van der Waals surface area contributed by atoms with E-state index in [0.717, 1.165) is 12.8 Å². The van der Waals surface area contributed by atoms with Crippen LogP contribution >= 0.6 is 0 Å². The van der Waals surface area contributed by atoms with Gasteiger partial charge in [-0.1, -0.05) is 6.08 Å². The van der Waals surface area contributed by atoms with E-state index in [1.165, 1.54) is 0 Å². The van der Waals surface area contributed by atoms with Crippen LogP contribution < -0.4 is 0 Å². The van der Waals surface area contributed by atoms with E-state index in [1.54, 1.807) is 6.08 Å². The Morgan fingerprint density at radius 1 is 1.47 bits per heavy atom. The van der Waals surface area contributed by atoms with Gasteiger partial charge in [0.2, 0.25) is 0 Å². The van der Waals surface area contributed by atoms with Gasteiger partial charge in [0, 0.05) is 12.8 Å². The Labute approximate surface area is 90.4 Å². The Hall–Kier alpha value is -0.670. The maximum absolute atomic E-state index is 12.1. The lowest BCUT2D eigenvalue weighted by Gasteiger charge is -2.46. The second-order valence-electron chi connectivity index (χ2n) is 4.55. The molecule has 1 aliphatic heterocycles. The molecule has 3 nitrogen and oxygen atoms in total. The predicted molar refractivity (Wildman–Crippen MR) is 56.4 cm³/mol. The van der Waals surface area contributed by atoms with Gasteiger partial charge in [0.1, 0.15) is 5.78 Å². The van der Waals surface area contributed by atoms with Gasteiger partial charge in [-0.3, -0.25) is 4.79 Å². The van der Waals surface area contributed by atoms with Gasteiger partial charge in [0.15, 0.2) is 5.79 Å². The summed E-state index contributed by atoms with van der Waals surface area (Å²) in [6.45, 7) is 6.87. The maximum Gasteiger partial charge on any atom is 0.181 e. The highest BCUT2D eigenvalue weighted by Crippen LogP contribution is 2.49. The predicted octanol–water partition coefficient (Wildman–Crippen LogP) is 2.06. The molecule has 1 atom stereocenters. The molecule has 0 amide bonds. The van der Waals surface area contributed by atoms with Crippen molar-refractivity contribution in [3.63, 3.8) is 0 Å². The monoisotopic (exact) mass is 210 g/mol. The zero-order chi connectivity index (χ0) is 10.9. The Morgan fingerprint density at radius 2 is 2.13 bits per heavy atom. The lowest BCUT2D eigenvalue weighted by atomic mass is 9.67. The van der Waals surface area contributed by atoms with Crippen LogP contribution in [0.4, 0.5) is 0 Å². The minimum absolute atomic E-state index is 0.246. The van der Waals surface area contributed by atoms with Gasteiger partial charge in [0.25, 0.3) is 0 Å². The van der Waals surface area contributed by atoms with Crippen molar-refractivity contribution in [3.05, 3.63) is 12.7 Å². The Bertz CT molecular complexity index is 279. The molecule has 1 saturated heterocycles. The van der Waals surface area contributed by atoms with Crippen LogP contribution in [0.2, 0.25) is 0 Å². The average molecular weight is 210 g/mol. The first-order valence-corrected chi connectivity index (χ1v) is 5.57. The van der Waals surface area contributed by atoms with Crippen LogP contribution in [0.15, 0.2) is 12.7 Å². The fourth-order valence-corrected chi connectivity index (χ4v) is 2.72. The summed E-state index contributed by atoms with van der Waals surface area (Å²) >= 11 is 0. The zero-order valence-electron chi connectivity index (χ0n) is 9.25. The number of rotatable bonds is 2. The van der Waals surface area contributed by atoms with Crippen LogP contribution in [-0.4, -0.2) is 24.8 Å². The standard InChI is InChI=1S/C12H18O3/c1-3-6-11(2)10(13)5-4-7-12(11)14-8-9-15-12/h3H,1,4-9H2,2H3/t11-/m0/s1. The smallest absolute Gasteiger partial charge is 0.181 e. The third-order valence-electron chi connectivity index (χ3n) is 3.67. The second kappa shape index (κ2) is 3.72. The number of carbonyl (C=O) groups is 1. The first-order valence-electron chi connectivity index (χ1n) is 5.57. The van der Waals surface area contributed by atoms with E-state index in [4.69, 9.17) is 9.47 Å². The molecule has 1 aliphatic carbocycles. The summed E-state index contributed by atoms with van der Waals surface area (Å²) in [5, 5.41) is 0. The molecule has 0 aromatic rings. The molecular weight excluding hydrogens is 192 g/mol. The van der Waals surface area contributed by atoms with E-state index in [2.05, 4.69) is 6.58 Å². The molecule has 0 radical (unpaired) electrons. The molecule has 0 N–H and O–H groups in total. The molecule has 1 spiro atoms. The van der Waals surface area contributed by atoms with Crippen molar-refractivity contribution in [2.45, 2.75) is 38.4 Å². The van der Waals surface area contributed by atoms with Gasteiger partial charge in [-0.15, -0.1) is 6.58 Å². The second-order valence-corrected chi connectivity index (χ2v) is 4.55. The van der Waals surface area contributed by atoms with E-state index < -0.39 is 11.2 Å². The zero-order valence-corrected chi connectivity index (χ0v) is 9.25. The summed E-state index contributed by atoms with van der Waals surface area (Å²) in [5.74, 6) is -0.424. The number of ether oxygens (including phenoxy) is 2. The third kappa shape index (κ3) is 1.45. The van der Waals surface area contributed by atoms with Gasteiger partial charge in [-0.2, -0.15) is 0 Å². The molecule has 0 unspecified atom stereocenters. The van der Waals surface area contributed by atoms with E-state index in [9.17, 15) is 4.79 Å². The van der Waals surface area contributed by atoms with E-state index in [-0.39, 0.29) is 5.78 Å². The summed E-state index contributed by atoms with van der Waals surface area (Å²) < 4.78 is 11.5. The SMILES string of the molecule is C=CC[C@@]1(C)C(=O)CCCC12OCCO2. The van der Waals surface area contributed by atoms with Gasteiger partial charge in [0.05, 0.1) is 18.6 Å². The summed E-state index contributed by atoms with van der Waals surface area (Å²) in [5.41, 5.74) is -0.538. The quantitative estimate of drug-likeness (QED) is 0.654. The van der Waals surface area contributed by atoms with Gasteiger partial charge in [-0.25, -0.2) is 0 Å². The lowest BCUT2D eigenvalue weighted by molar-refractivity contribution is -0.240. The highest BCUT2D eigenvalue weighted by molar-refractivity contribution is 5.86. The average Bonchev–Trinajstić information content (AvgIpc) is 2.66. The minimum atomic E-state index is -0.670. The van der Waals surface area contributed by atoms with Crippen LogP contribution in [0, 0.1) is 5.41 Å². The van der Waals surface area contributed by atoms with Crippen molar-refractivity contribution in [1.82, 2.24) is 0 Å². The fourth-order valence-electron chi connectivity index (χ4n) is 2.72. The van der Waals surface area contributed by atoms with Gasteiger partial charge in [-0.05, 0) is 19.8 Å². The summed E-state index contributed by atoms with van der Waals surface area (Å²) in [7, 11) is 0. The minimum Gasteiger partial charge on any atom is -0.346 e. The highest BCUT2D eigenvalue weighted by Gasteiger charge is 2.57. The van der Waals surface area contributed by atoms with Gasteiger partial charge >= 0.3 is 0 Å². The fraction of sp³-hybridized carbons (Fsp3) is 0.750. The molecule has 2 rings (SSSR count). The molecule has 0 aromatic heterocycles. The first-order chi connectivity index (χ1) is 7.15. The summed E-state index contributed by atoms with van der Waals surface area (Å²) in [6.07, 6.45) is 4.75. The molecule has 2 fully saturated rings. The topological polar surface area (TPSA) is 35.5 Å². The molecule has 1 heterocycles. The molecule has 0 bridgehead atoms. The Morgan fingerprint density at radius 3 is 2.73 bits per heavy atom. The van der Waals surface area contributed by atoms with E-state index in [0.29, 0.717) is 26.1 Å². The Balaban J connectivity index is 2.33. The molecule has 2 aliphatic rings. The maximum atomic E-state index is 12.1. The molecule has 15 heavy (non-hydrogen) atoms. The Kier molecular flexibility index (Phi) is 2.69. The van der Waals surface area contributed by atoms with Crippen molar-refractivity contribution in [3.8, 4) is 0 Å². The summed E-state index contributed by atoms with van der Waals surface area (Å²) in [4.78, 5) is 12.1. The molecular formula is C12H18O3. The first kappa shape index (κ1) is 10.8. The molecule has 1 saturated carbocycles. The number of hydrogen-bond acceptors (Lipinski definition) is 3. The number of ketones is 1. The van der Waals surface area contributed by atoms with Crippen molar-refractivity contribution in [2.75, 3.05) is 13.2 Å². The number of allylic oxidation sites excluding steroid dienone is 1. The summed E-state index contributed by atoms with van der Waals surface area (Å²) in [6, 6.07) is 0.